The lowest BCUT2D eigenvalue weighted by atomic mass is 9.80. The van der Waals surface area contributed by atoms with Gasteiger partial charge < -0.3 is 10.6 Å². The summed E-state index contributed by atoms with van der Waals surface area (Å²) in [6.45, 7) is 3.09. The molecule has 1 aliphatic rings. The van der Waals surface area contributed by atoms with Crippen molar-refractivity contribution in [1.82, 2.24) is 4.90 Å². The molecule has 1 heterocycles. The average molecular weight is 315 g/mol. The van der Waals surface area contributed by atoms with Crippen molar-refractivity contribution in [2.45, 2.75) is 19.8 Å². The summed E-state index contributed by atoms with van der Waals surface area (Å²) in [6.07, 6.45) is 1.42. The van der Waals surface area contributed by atoms with Crippen LogP contribution in [-0.2, 0) is 0 Å². The Balaban J connectivity index is 2.13. The van der Waals surface area contributed by atoms with Crippen LogP contribution in [0.5, 0.6) is 0 Å². The molecule has 0 saturated carbocycles. The van der Waals surface area contributed by atoms with Gasteiger partial charge in [-0.3, -0.25) is 4.79 Å². The van der Waals surface area contributed by atoms with E-state index < -0.39 is 5.82 Å². The fourth-order valence-electron chi connectivity index (χ4n) is 2.29. The Bertz CT molecular complexity index is 556. The number of benzene rings is 1. The second-order valence-corrected chi connectivity index (χ2v) is 6.14. The third-order valence-corrected chi connectivity index (χ3v) is 4.81. The Hall–Kier alpha value is -1.20. The summed E-state index contributed by atoms with van der Waals surface area (Å²) >= 11 is 10.9. The zero-order valence-corrected chi connectivity index (χ0v) is 12.7. The largest absolute Gasteiger partial charge is 0.393 e. The first-order chi connectivity index (χ1) is 9.35. The van der Waals surface area contributed by atoms with E-state index in [1.54, 1.807) is 4.90 Å². The van der Waals surface area contributed by atoms with Gasteiger partial charge >= 0.3 is 0 Å². The van der Waals surface area contributed by atoms with Crippen molar-refractivity contribution in [3.05, 3.63) is 34.6 Å². The van der Waals surface area contributed by atoms with Crippen LogP contribution in [0.1, 0.15) is 30.1 Å². The molecule has 1 aromatic carbocycles. The Morgan fingerprint density at radius 2 is 2.05 bits per heavy atom. The van der Waals surface area contributed by atoms with E-state index >= 15 is 0 Å². The van der Waals surface area contributed by atoms with Crippen molar-refractivity contribution in [3.8, 4) is 0 Å². The number of rotatable bonds is 2. The zero-order valence-electron chi connectivity index (χ0n) is 11.2. The number of hydrogen-bond acceptors (Lipinski definition) is 2. The van der Waals surface area contributed by atoms with E-state index in [1.165, 1.54) is 18.2 Å². The number of carbonyl (C=O) groups is 1. The maximum atomic E-state index is 13.4. The van der Waals surface area contributed by atoms with E-state index in [0.717, 1.165) is 0 Å². The molecular formula is C14H16ClFN2OS. The lowest BCUT2D eigenvalue weighted by molar-refractivity contribution is 0.0670. The van der Waals surface area contributed by atoms with Crippen LogP contribution in [0.3, 0.4) is 0 Å². The monoisotopic (exact) mass is 314 g/mol. The number of hydrogen-bond donors (Lipinski definition) is 1. The van der Waals surface area contributed by atoms with Crippen molar-refractivity contribution >= 4 is 34.7 Å². The van der Waals surface area contributed by atoms with Gasteiger partial charge in [0.1, 0.15) is 5.82 Å². The number of carbonyl (C=O) groups excluding carboxylic acids is 1. The Morgan fingerprint density at radius 1 is 1.45 bits per heavy atom. The molecule has 0 radical (unpaired) electrons. The van der Waals surface area contributed by atoms with Crippen LogP contribution in [0.25, 0.3) is 0 Å². The number of likely N-dealkylation sites (tertiary alicyclic amines) is 1. The summed E-state index contributed by atoms with van der Waals surface area (Å²) in [5.74, 6) is -0.831. The molecule has 3 nitrogen and oxygen atoms in total. The molecule has 1 fully saturated rings. The fraction of sp³-hybridized carbons (Fsp3) is 0.429. The SMILES string of the molecule is CC1(C(N)=S)CCN(C(=O)c2cccc(F)c2Cl)CC1. The van der Waals surface area contributed by atoms with Crippen molar-refractivity contribution in [2.24, 2.45) is 11.1 Å². The summed E-state index contributed by atoms with van der Waals surface area (Å²) < 4.78 is 13.4. The molecule has 108 valence electrons. The van der Waals surface area contributed by atoms with E-state index in [0.29, 0.717) is 30.9 Å². The molecule has 0 unspecified atom stereocenters. The number of thiocarbonyl (C=S) groups is 1. The molecule has 2 N–H and O–H groups in total. The van der Waals surface area contributed by atoms with E-state index in [-0.39, 0.29) is 21.9 Å². The highest BCUT2D eigenvalue weighted by Gasteiger charge is 2.34. The molecule has 20 heavy (non-hydrogen) atoms. The quantitative estimate of drug-likeness (QED) is 0.854. The Kier molecular flexibility index (Phi) is 4.30. The van der Waals surface area contributed by atoms with Crippen molar-refractivity contribution in [2.75, 3.05) is 13.1 Å². The molecule has 6 heteroatoms. The van der Waals surface area contributed by atoms with Gasteiger partial charge in [0.15, 0.2) is 0 Å². The van der Waals surface area contributed by atoms with Gasteiger partial charge in [-0.1, -0.05) is 36.8 Å². The first-order valence-electron chi connectivity index (χ1n) is 6.38. The smallest absolute Gasteiger partial charge is 0.255 e. The standard InChI is InChI=1S/C14H16ClFN2OS/c1-14(13(17)20)5-7-18(8-6-14)12(19)9-3-2-4-10(16)11(9)15/h2-4H,5-8H2,1H3,(H2,17,20). The van der Waals surface area contributed by atoms with Gasteiger partial charge in [0.05, 0.1) is 15.6 Å². The van der Waals surface area contributed by atoms with Crippen molar-refractivity contribution in [3.63, 3.8) is 0 Å². The molecule has 0 bridgehead atoms. The predicted octanol–water partition coefficient (Wildman–Crippen LogP) is 3.01. The zero-order chi connectivity index (χ0) is 14.9. The minimum atomic E-state index is -0.581. The van der Waals surface area contributed by atoms with Crippen molar-refractivity contribution < 1.29 is 9.18 Å². The maximum Gasteiger partial charge on any atom is 0.255 e. The molecule has 0 spiro atoms. The van der Waals surface area contributed by atoms with E-state index in [2.05, 4.69) is 0 Å². The van der Waals surface area contributed by atoms with Gasteiger partial charge in [-0.2, -0.15) is 0 Å². The molecule has 0 atom stereocenters. The van der Waals surface area contributed by atoms with E-state index in [1.807, 2.05) is 6.92 Å². The Morgan fingerprint density at radius 3 is 2.60 bits per heavy atom. The highest BCUT2D eigenvalue weighted by atomic mass is 35.5. The number of halogens is 2. The first kappa shape index (κ1) is 15.2. The second-order valence-electron chi connectivity index (χ2n) is 5.32. The summed E-state index contributed by atoms with van der Waals surface area (Å²) in [6, 6.07) is 4.26. The van der Waals surface area contributed by atoms with E-state index in [9.17, 15) is 9.18 Å². The van der Waals surface area contributed by atoms with Gasteiger partial charge in [-0.05, 0) is 25.0 Å². The van der Waals surface area contributed by atoms with Crippen LogP contribution in [0.4, 0.5) is 4.39 Å². The normalized spacial score (nSPS) is 17.9. The number of nitrogens with zero attached hydrogens (tertiary/aromatic N) is 1. The number of amides is 1. The summed E-state index contributed by atoms with van der Waals surface area (Å²) in [7, 11) is 0. The fourth-order valence-corrected chi connectivity index (χ4v) is 2.70. The number of nitrogens with two attached hydrogens (primary N) is 1. The minimum Gasteiger partial charge on any atom is -0.393 e. The summed E-state index contributed by atoms with van der Waals surface area (Å²) in [5, 5.41) is -0.125. The topological polar surface area (TPSA) is 46.3 Å². The van der Waals surface area contributed by atoms with Gasteiger partial charge in [0, 0.05) is 18.5 Å². The molecule has 1 aliphatic heterocycles. The summed E-state index contributed by atoms with van der Waals surface area (Å²) in [4.78, 5) is 14.5. The number of piperidine rings is 1. The maximum absolute atomic E-state index is 13.4. The van der Waals surface area contributed by atoms with Crippen LogP contribution in [0.2, 0.25) is 5.02 Å². The molecule has 0 aliphatic carbocycles. The van der Waals surface area contributed by atoms with Gasteiger partial charge in [0.2, 0.25) is 0 Å². The Labute approximate surface area is 127 Å². The van der Waals surface area contributed by atoms with Crippen LogP contribution >= 0.6 is 23.8 Å². The second kappa shape index (κ2) is 5.66. The van der Waals surface area contributed by atoms with Gasteiger partial charge in [0.25, 0.3) is 5.91 Å². The highest BCUT2D eigenvalue weighted by molar-refractivity contribution is 7.80. The molecule has 1 amide bonds. The predicted molar refractivity (Wildman–Crippen MR) is 81.4 cm³/mol. The molecule has 1 aromatic rings. The average Bonchev–Trinajstić information content (AvgIpc) is 2.42. The third-order valence-electron chi connectivity index (χ3n) is 3.93. The molecular weight excluding hydrogens is 299 g/mol. The van der Waals surface area contributed by atoms with Crippen molar-refractivity contribution in [1.29, 1.82) is 0 Å². The summed E-state index contributed by atoms with van der Waals surface area (Å²) in [5.41, 5.74) is 5.72. The minimum absolute atomic E-state index is 0.125. The van der Waals surface area contributed by atoms with Crippen LogP contribution < -0.4 is 5.73 Å². The van der Waals surface area contributed by atoms with E-state index in [4.69, 9.17) is 29.6 Å². The third kappa shape index (κ3) is 2.79. The molecule has 1 saturated heterocycles. The van der Waals surface area contributed by atoms with Gasteiger partial charge in [-0.25, -0.2) is 4.39 Å². The van der Waals surface area contributed by atoms with Gasteiger partial charge in [-0.15, -0.1) is 0 Å². The lowest BCUT2D eigenvalue weighted by Gasteiger charge is -2.38. The van der Waals surface area contributed by atoms with Crippen LogP contribution in [0.15, 0.2) is 18.2 Å². The highest BCUT2D eigenvalue weighted by Crippen LogP contribution is 2.32. The van der Waals surface area contributed by atoms with Crippen LogP contribution in [0, 0.1) is 11.2 Å². The van der Waals surface area contributed by atoms with Crippen LogP contribution in [-0.4, -0.2) is 28.9 Å². The molecule has 2 rings (SSSR count). The molecule has 0 aromatic heterocycles. The lowest BCUT2D eigenvalue weighted by Crippen LogP contribution is -2.46. The first-order valence-corrected chi connectivity index (χ1v) is 7.17.